The van der Waals surface area contributed by atoms with Crippen LogP contribution >= 0.6 is 0 Å². The van der Waals surface area contributed by atoms with Crippen LogP contribution < -0.4 is 5.32 Å². The quantitative estimate of drug-likeness (QED) is 0.698. The van der Waals surface area contributed by atoms with Crippen LogP contribution in [0.2, 0.25) is 0 Å². The maximum absolute atomic E-state index is 12.1. The Bertz CT molecular complexity index is 641. The third-order valence-corrected chi connectivity index (χ3v) is 4.14. The third kappa shape index (κ3) is 13.7. The molecular formula is C24H39NO6. The van der Waals surface area contributed by atoms with E-state index >= 15 is 0 Å². The highest BCUT2D eigenvalue weighted by Gasteiger charge is 2.28. The first-order valence-corrected chi connectivity index (χ1v) is 10.9. The molecule has 0 spiro atoms. The van der Waals surface area contributed by atoms with E-state index in [4.69, 9.17) is 18.9 Å². The van der Waals surface area contributed by atoms with Crippen molar-refractivity contribution in [3.8, 4) is 0 Å². The van der Waals surface area contributed by atoms with Crippen molar-refractivity contribution in [2.24, 2.45) is 11.8 Å². The molecule has 176 valence electrons. The minimum Gasteiger partial charge on any atom is -0.464 e. The number of nitrogens with one attached hydrogen (secondary N) is 1. The van der Waals surface area contributed by atoms with Crippen LogP contribution in [-0.2, 0) is 23.7 Å². The number of benzene rings is 1. The molecule has 2 unspecified atom stereocenters. The highest BCUT2D eigenvalue weighted by Crippen LogP contribution is 2.11. The Morgan fingerprint density at radius 2 is 1.87 bits per heavy atom. The Morgan fingerprint density at radius 1 is 1.19 bits per heavy atom. The number of carbonyl (C=O) groups excluding carboxylic acids is 2. The van der Waals surface area contributed by atoms with E-state index in [2.05, 4.69) is 38.2 Å². The van der Waals surface area contributed by atoms with Gasteiger partial charge in [-0.15, -0.1) is 0 Å². The molecule has 1 heterocycles. The molecule has 2 atom stereocenters. The van der Waals surface area contributed by atoms with Gasteiger partial charge in [0.15, 0.2) is 6.04 Å². The molecule has 0 aliphatic carbocycles. The Balaban J connectivity index is 0.000000577. The standard InChI is InChI=1S/C17H31NO6.C7H8/c1-12(2)8-22-9-13-6-7-21-11-14(15(19)23-10-13)18-16(20)24-17(3,4)5;1-7-5-3-2-4-6-7/h12-14H,6-11H2,1-5H3,(H,18,20);2-6H,1H3. The molecule has 31 heavy (non-hydrogen) atoms. The summed E-state index contributed by atoms with van der Waals surface area (Å²) in [4.78, 5) is 23.9. The molecule has 1 fully saturated rings. The average molecular weight is 438 g/mol. The zero-order valence-electron chi connectivity index (χ0n) is 19.8. The summed E-state index contributed by atoms with van der Waals surface area (Å²) in [5.41, 5.74) is 0.689. The van der Waals surface area contributed by atoms with Gasteiger partial charge in [-0.1, -0.05) is 49.7 Å². The van der Waals surface area contributed by atoms with E-state index in [1.807, 2.05) is 18.2 Å². The third-order valence-electron chi connectivity index (χ3n) is 4.14. The van der Waals surface area contributed by atoms with Crippen LogP contribution in [-0.4, -0.2) is 56.7 Å². The van der Waals surface area contributed by atoms with Crippen LogP contribution in [0.4, 0.5) is 4.79 Å². The highest BCUT2D eigenvalue weighted by molar-refractivity contribution is 5.81. The predicted molar refractivity (Wildman–Crippen MR) is 120 cm³/mol. The van der Waals surface area contributed by atoms with Crippen molar-refractivity contribution in [1.29, 1.82) is 0 Å². The Hall–Kier alpha value is -2.12. The first-order valence-electron chi connectivity index (χ1n) is 10.9. The number of carbonyl (C=O) groups is 2. The van der Waals surface area contributed by atoms with Crippen molar-refractivity contribution in [2.75, 3.05) is 33.0 Å². The first kappa shape index (κ1) is 26.9. The lowest BCUT2D eigenvalue weighted by Crippen LogP contribution is -2.46. The Morgan fingerprint density at radius 3 is 2.42 bits per heavy atom. The maximum atomic E-state index is 12.1. The molecular weight excluding hydrogens is 398 g/mol. The van der Waals surface area contributed by atoms with E-state index in [1.54, 1.807) is 20.8 Å². The topological polar surface area (TPSA) is 83.1 Å². The van der Waals surface area contributed by atoms with Gasteiger partial charge >= 0.3 is 12.1 Å². The molecule has 1 amide bonds. The van der Waals surface area contributed by atoms with Crippen LogP contribution in [0.3, 0.4) is 0 Å². The number of amides is 1. The molecule has 1 N–H and O–H groups in total. The van der Waals surface area contributed by atoms with E-state index in [-0.39, 0.29) is 19.1 Å². The van der Waals surface area contributed by atoms with Gasteiger partial charge in [-0.3, -0.25) is 0 Å². The van der Waals surface area contributed by atoms with Crippen LogP contribution in [0.5, 0.6) is 0 Å². The Labute approximate surface area is 186 Å². The predicted octanol–water partition coefficient (Wildman–Crippen LogP) is 4.13. The molecule has 7 nitrogen and oxygen atoms in total. The maximum Gasteiger partial charge on any atom is 0.408 e. The van der Waals surface area contributed by atoms with Gasteiger partial charge in [-0.25, -0.2) is 9.59 Å². The van der Waals surface area contributed by atoms with Gasteiger partial charge in [-0.05, 0) is 40.0 Å². The normalized spacial score (nSPS) is 19.8. The van der Waals surface area contributed by atoms with Gasteiger partial charge < -0.3 is 24.3 Å². The second-order valence-corrected chi connectivity index (χ2v) is 9.14. The van der Waals surface area contributed by atoms with E-state index < -0.39 is 23.7 Å². The number of rotatable bonds is 5. The SMILES string of the molecule is CC(C)COCC1CCOCC(NC(=O)OC(C)(C)C)C(=O)OC1.Cc1ccccc1. The van der Waals surface area contributed by atoms with E-state index in [0.29, 0.717) is 25.7 Å². The molecule has 0 bridgehead atoms. The lowest BCUT2D eigenvalue weighted by atomic mass is 10.1. The first-order chi connectivity index (χ1) is 14.6. The number of cyclic esters (lactones) is 1. The fourth-order valence-corrected chi connectivity index (χ4v) is 2.59. The fraction of sp³-hybridized carbons (Fsp3) is 0.667. The number of alkyl carbamates (subject to hydrolysis) is 1. The van der Waals surface area contributed by atoms with Crippen molar-refractivity contribution in [3.63, 3.8) is 0 Å². The van der Waals surface area contributed by atoms with Gasteiger partial charge in [0, 0.05) is 19.1 Å². The van der Waals surface area contributed by atoms with Gasteiger partial charge in [0.2, 0.25) is 0 Å². The smallest absolute Gasteiger partial charge is 0.408 e. The number of aryl methyl sites for hydroxylation is 1. The van der Waals surface area contributed by atoms with Crippen molar-refractivity contribution >= 4 is 12.1 Å². The molecule has 2 rings (SSSR count). The largest absolute Gasteiger partial charge is 0.464 e. The number of ether oxygens (including phenoxy) is 4. The summed E-state index contributed by atoms with van der Waals surface area (Å²) >= 11 is 0. The monoisotopic (exact) mass is 437 g/mol. The van der Waals surface area contributed by atoms with Gasteiger partial charge in [0.25, 0.3) is 0 Å². The number of hydrogen-bond acceptors (Lipinski definition) is 6. The summed E-state index contributed by atoms with van der Waals surface area (Å²) in [7, 11) is 0. The molecule has 0 saturated carbocycles. The van der Waals surface area contributed by atoms with Crippen molar-refractivity contribution in [1.82, 2.24) is 5.32 Å². The van der Waals surface area contributed by atoms with Gasteiger partial charge in [0.05, 0.1) is 19.8 Å². The lowest BCUT2D eigenvalue weighted by Gasteiger charge is -2.22. The molecule has 1 saturated heterocycles. The lowest BCUT2D eigenvalue weighted by molar-refractivity contribution is -0.148. The van der Waals surface area contributed by atoms with Crippen molar-refractivity contribution in [3.05, 3.63) is 35.9 Å². The molecule has 1 aromatic carbocycles. The molecule has 0 radical (unpaired) electrons. The van der Waals surface area contributed by atoms with Crippen molar-refractivity contribution < 1.29 is 28.5 Å². The van der Waals surface area contributed by atoms with E-state index in [9.17, 15) is 9.59 Å². The van der Waals surface area contributed by atoms with Crippen LogP contribution in [0.1, 0.15) is 46.6 Å². The average Bonchev–Trinajstić information content (AvgIpc) is 2.74. The molecule has 0 aromatic heterocycles. The highest BCUT2D eigenvalue weighted by atomic mass is 16.6. The van der Waals surface area contributed by atoms with E-state index in [1.165, 1.54) is 5.56 Å². The summed E-state index contributed by atoms with van der Waals surface area (Å²) in [6.45, 7) is 13.5. The fourth-order valence-electron chi connectivity index (χ4n) is 2.59. The Kier molecular flexibility index (Phi) is 12.2. The minimum atomic E-state index is -0.866. The molecule has 7 heteroatoms. The van der Waals surface area contributed by atoms with Crippen molar-refractivity contribution in [2.45, 2.75) is 59.6 Å². The van der Waals surface area contributed by atoms with E-state index in [0.717, 1.165) is 6.42 Å². The second-order valence-electron chi connectivity index (χ2n) is 9.14. The van der Waals surface area contributed by atoms with Crippen LogP contribution in [0.15, 0.2) is 30.3 Å². The zero-order chi connectivity index (χ0) is 23.3. The summed E-state index contributed by atoms with van der Waals surface area (Å²) in [5, 5.41) is 2.50. The van der Waals surface area contributed by atoms with Gasteiger partial charge in [0.1, 0.15) is 5.60 Å². The minimum absolute atomic E-state index is 0.0671. The summed E-state index contributed by atoms with van der Waals surface area (Å²) in [6, 6.07) is 9.40. The summed E-state index contributed by atoms with van der Waals surface area (Å²) in [5.74, 6) is 0.0344. The molecule has 1 aliphatic rings. The van der Waals surface area contributed by atoms with Gasteiger partial charge in [-0.2, -0.15) is 0 Å². The molecule has 1 aromatic rings. The number of esters is 1. The summed E-state index contributed by atoms with van der Waals surface area (Å²) in [6.07, 6.45) is 0.0778. The number of hydrogen-bond donors (Lipinski definition) is 1. The molecule has 1 aliphatic heterocycles. The van der Waals surface area contributed by atoms with Crippen LogP contribution in [0, 0.1) is 18.8 Å². The van der Waals surface area contributed by atoms with Crippen LogP contribution in [0.25, 0.3) is 0 Å². The summed E-state index contributed by atoms with van der Waals surface area (Å²) < 4.78 is 21.6. The zero-order valence-corrected chi connectivity index (χ0v) is 19.8. The second kappa shape index (κ2) is 14.0.